The molecule has 0 aliphatic rings. The lowest BCUT2D eigenvalue weighted by atomic mass is 9.87. The van der Waals surface area contributed by atoms with Crippen molar-refractivity contribution in [3.8, 4) is 5.75 Å². The number of oxime groups is 1. The Hall–Kier alpha value is -1.71. The van der Waals surface area contributed by atoms with Gasteiger partial charge in [-0.25, -0.2) is 0 Å². The smallest absolute Gasteiger partial charge is 0.139 e. The van der Waals surface area contributed by atoms with E-state index in [-0.39, 0.29) is 11.3 Å². The van der Waals surface area contributed by atoms with Crippen molar-refractivity contribution < 1.29 is 9.94 Å². The van der Waals surface area contributed by atoms with E-state index in [1.54, 1.807) is 0 Å². The van der Waals surface area contributed by atoms with E-state index in [1.807, 2.05) is 12.1 Å². The highest BCUT2D eigenvalue weighted by atomic mass is 16.5. The molecule has 1 aromatic rings. The highest BCUT2D eigenvalue weighted by Gasteiger charge is 2.13. The lowest BCUT2D eigenvalue weighted by molar-refractivity contribution is 0.305. The Morgan fingerprint density at radius 2 is 2.11 bits per heavy atom. The van der Waals surface area contributed by atoms with Crippen LogP contribution in [0.4, 0.5) is 0 Å². The average molecular weight is 250 g/mol. The Bertz CT molecular complexity index is 409. The van der Waals surface area contributed by atoms with Crippen LogP contribution >= 0.6 is 0 Å². The van der Waals surface area contributed by atoms with Crippen LogP contribution in [0.3, 0.4) is 0 Å². The molecule has 1 rings (SSSR count). The molecule has 0 bridgehead atoms. The number of amidine groups is 1. The maximum atomic E-state index is 8.40. The molecule has 0 fully saturated rings. The molecule has 0 aromatic heterocycles. The Labute approximate surface area is 108 Å². The molecule has 0 aliphatic carbocycles. The third-order valence-corrected chi connectivity index (χ3v) is 2.67. The van der Waals surface area contributed by atoms with Crippen LogP contribution in [0, 0.1) is 0 Å². The fraction of sp³-hybridized carbons (Fsp3) is 0.500. The van der Waals surface area contributed by atoms with Crippen molar-refractivity contribution in [2.24, 2.45) is 10.9 Å². The summed E-state index contributed by atoms with van der Waals surface area (Å²) in [6.45, 7) is 7.07. The van der Waals surface area contributed by atoms with Gasteiger partial charge in [-0.2, -0.15) is 0 Å². The van der Waals surface area contributed by atoms with Crippen molar-refractivity contribution in [2.75, 3.05) is 6.61 Å². The van der Waals surface area contributed by atoms with E-state index >= 15 is 0 Å². The van der Waals surface area contributed by atoms with Crippen LogP contribution in [-0.2, 0) is 5.41 Å². The van der Waals surface area contributed by atoms with Crippen LogP contribution < -0.4 is 10.5 Å². The minimum Gasteiger partial charge on any atom is -0.494 e. The van der Waals surface area contributed by atoms with E-state index in [4.69, 9.17) is 15.7 Å². The van der Waals surface area contributed by atoms with Gasteiger partial charge in [-0.05, 0) is 29.5 Å². The van der Waals surface area contributed by atoms with Crippen LogP contribution in [0.2, 0.25) is 0 Å². The highest BCUT2D eigenvalue weighted by Crippen LogP contribution is 2.25. The average Bonchev–Trinajstić information content (AvgIpc) is 2.33. The van der Waals surface area contributed by atoms with Gasteiger partial charge < -0.3 is 15.7 Å². The summed E-state index contributed by atoms with van der Waals surface area (Å²) in [4.78, 5) is 0. The van der Waals surface area contributed by atoms with Crippen molar-refractivity contribution in [1.82, 2.24) is 0 Å². The number of nitrogens with two attached hydrogens (primary N) is 1. The highest BCUT2D eigenvalue weighted by molar-refractivity contribution is 5.79. The topological polar surface area (TPSA) is 67.8 Å². The molecule has 1 aromatic carbocycles. The number of ether oxygens (including phenoxy) is 1. The second-order valence-electron chi connectivity index (χ2n) is 5.32. The van der Waals surface area contributed by atoms with E-state index in [1.165, 1.54) is 5.56 Å². The Morgan fingerprint density at radius 3 is 2.72 bits per heavy atom. The van der Waals surface area contributed by atoms with E-state index in [9.17, 15) is 0 Å². The molecule has 0 spiro atoms. The number of hydrogen-bond donors (Lipinski definition) is 2. The lowest BCUT2D eigenvalue weighted by Crippen LogP contribution is -2.13. The maximum Gasteiger partial charge on any atom is 0.139 e. The monoisotopic (exact) mass is 250 g/mol. The summed E-state index contributed by atoms with van der Waals surface area (Å²) in [6.07, 6.45) is 1.27. The minimum absolute atomic E-state index is 0.118. The first kappa shape index (κ1) is 14.4. The molecule has 0 heterocycles. The zero-order valence-corrected chi connectivity index (χ0v) is 11.3. The molecule has 4 heteroatoms. The normalized spacial score (nSPS) is 12.5. The third kappa shape index (κ3) is 4.65. The molecule has 4 nitrogen and oxygen atoms in total. The van der Waals surface area contributed by atoms with E-state index in [0.29, 0.717) is 13.0 Å². The summed E-state index contributed by atoms with van der Waals surface area (Å²) >= 11 is 0. The molecular formula is C14H22N2O2. The molecule has 0 amide bonds. The van der Waals surface area contributed by atoms with Gasteiger partial charge in [0.15, 0.2) is 0 Å². The lowest BCUT2D eigenvalue weighted by Gasteiger charge is -2.19. The van der Waals surface area contributed by atoms with Gasteiger partial charge in [0.1, 0.15) is 11.6 Å². The van der Waals surface area contributed by atoms with Gasteiger partial charge in [0, 0.05) is 6.42 Å². The summed E-state index contributed by atoms with van der Waals surface area (Å²) in [6, 6.07) is 8.10. The first-order valence-corrected chi connectivity index (χ1v) is 6.13. The molecule has 18 heavy (non-hydrogen) atoms. The van der Waals surface area contributed by atoms with Gasteiger partial charge in [-0.1, -0.05) is 38.1 Å². The summed E-state index contributed by atoms with van der Waals surface area (Å²) in [5, 5.41) is 11.3. The minimum atomic E-state index is 0.118. The Morgan fingerprint density at radius 1 is 1.39 bits per heavy atom. The summed E-state index contributed by atoms with van der Waals surface area (Å²) in [5.74, 6) is 1.10. The molecule has 0 saturated heterocycles. The molecule has 0 atom stereocenters. The molecule has 100 valence electrons. The number of rotatable bonds is 5. The third-order valence-electron chi connectivity index (χ3n) is 2.67. The molecular weight excluding hydrogens is 228 g/mol. The van der Waals surface area contributed by atoms with Crippen molar-refractivity contribution in [3.05, 3.63) is 29.8 Å². The van der Waals surface area contributed by atoms with Crippen LogP contribution in [0.25, 0.3) is 0 Å². The van der Waals surface area contributed by atoms with Crippen molar-refractivity contribution >= 4 is 5.84 Å². The first-order chi connectivity index (χ1) is 8.43. The SMILES string of the molecule is CC(C)(C)c1cccc(OCCC/C(N)=N/O)c1. The van der Waals surface area contributed by atoms with Gasteiger partial charge in [0.2, 0.25) is 0 Å². The van der Waals surface area contributed by atoms with Crippen molar-refractivity contribution in [1.29, 1.82) is 0 Å². The second-order valence-corrected chi connectivity index (χ2v) is 5.32. The van der Waals surface area contributed by atoms with Crippen LogP contribution in [0.1, 0.15) is 39.2 Å². The molecule has 3 N–H and O–H groups in total. The Balaban J connectivity index is 2.48. The van der Waals surface area contributed by atoms with Crippen LogP contribution in [0.15, 0.2) is 29.4 Å². The largest absolute Gasteiger partial charge is 0.494 e. The van der Waals surface area contributed by atoms with Crippen molar-refractivity contribution in [2.45, 2.75) is 39.0 Å². The summed E-state index contributed by atoms with van der Waals surface area (Å²) < 4.78 is 5.64. The van der Waals surface area contributed by atoms with Crippen LogP contribution in [-0.4, -0.2) is 17.6 Å². The zero-order chi connectivity index (χ0) is 13.6. The molecule has 0 radical (unpaired) electrons. The van der Waals surface area contributed by atoms with E-state index in [2.05, 4.69) is 38.1 Å². The van der Waals surface area contributed by atoms with Gasteiger partial charge >= 0.3 is 0 Å². The zero-order valence-electron chi connectivity index (χ0n) is 11.3. The number of benzene rings is 1. The van der Waals surface area contributed by atoms with E-state index in [0.717, 1.165) is 12.2 Å². The predicted molar refractivity (Wildman–Crippen MR) is 73.3 cm³/mol. The fourth-order valence-electron chi connectivity index (χ4n) is 1.55. The van der Waals surface area contributed by atoms with Gasteiger partial charge in [0.25, 0.3) is 0 Å². The Kier molecular flexibility index (Phi) is 5.01. The molecule has 0 unspecified atom stereocenters. The standard InChI is InChI=1S/C14H22N2O2/c1-14(2,3)11-6-4-7-12(10-11)18-9-5-8-13(15)16-17/h4,6-7,10,17H,5,8-9H2,1-3H3,(H2,15,16). The number of nitrogens with zero attached hydrogens (tertiary/aromatic N) is 1. The number of hydrogen-bond acceptors (Lipinski definition) is 3. The first-order valence-electron chi connectivity index (χ1n) is 6.13. The fourth-order valence-corrected chi connectivity index (χ4v) is 1.55. The molecule has 0 aliphatic heterocycles. The maximum absolute atomic E-state index is 8.40. The molecule has 0 saturated carbocycles. The van der Waals surface area contributed by atoms with Crippen LogP contribution in [0.5, 0.6) is 5.75 Å². The van der Waals surface area contributed by atoms with Crippen molar-refractivity contribution in [3.63, 3.8) is 0 Å². The van der Waals surface area contributed by atoms with Gasteiger partial charge in [-0.3, -0.25) is 0 Å². The van der Waals surface area contributed by atoms with Gasteiger partial charge in [-0.15, -0.1) is 0 Å². The van der Waals surface area contributed by atoms with E-state index < -0.39 is 0 Å². The summed E-state index contributed by atoms with van der Waals surface area (Å²) in [7, 11) is 0. The summed E-state index contributed by atoms with van der Waals surface area (Å²) in [5.41, 5.74) is 6.74. The second kappa shape index (κ2) is 6.28. The van der Waals surface area contributed by atoms with Gasteiger partial charge in [0.05, 0.1) is 6.61 Å². The predicted octanol–water partition coefficient (Wildman–Crippen LogP) is 2.89. The quantitative estimate of drug-likeness (QED) is 0.277.